The largest absolute Gasteiger partial charge is 0.326 e. The molecule has 1 aliphatic carbocycles. The molecule has 8 heteroatoms. The molecule has 1 amide bonds. The van der Waals surface area contributed by atoms with E-state index in [1.165, 1.54) is 17.3 Å². The molecule has 1 heterocycles. The number of rotatable bonds is 5. The first-order valence-corrected chi connectivity index (χ1v) is 9.69. The molecule has 0 bridgehead atoms. The Hall–Kier alpha value is -1.57. The quantitative estimate of drug-likeness (QED) is 0.872. The van der Waals surface area contributed by atoms with Crippen molar-refractivity contribution in [1.29, 1.82) is 0 Å². The van der Waals surface area contributed by atoms with Crippen molar-refractivity contribution in [3.8, 4) is 0 Å². The standard InChI is InChI=1S/C15H15ClN2O3S2/c1-10(19)17-11-2-4-12(5-3-11)18(13-6-7-13)23(20,21)15-9-8-14(16)22-15/h2-5,8-9,13H,6-7H2,1H3,(H,17,19). The van der Waals surface area contributed by atoms with E-state index in [-0.39, 0.29) is 16.2 Å². The van der Waals surface area contributed by atoms with Gasteiger partial charge in [-0.25, -0.2) is 8.42 Å². The SMILES string of the molecule is CC(=O)Nc1ccc(N(C2CC2)S(=O)(=O)c2ccc(Cl)s2)cc1. The van der Waals surface area contributed by atoms with Gasteiger partial charge in [-0.1, -0.05) is 11.6 Å². The van der Waals surface area contributed by atoms with Gasteiger partial charge in [0.1, 0.15) is 4.21 Å². The number of hydrogen-bond donors (Lipinski definition) is 1. The molecule has 1 aromatic carbocycles. The van der Waals surface area contributed by atoms with E-state index in [0.717, 1.165) is 24.2 Å². The highest BCUT2D eigenvalue weighted by Gasteiger charge is 2.39. The number of thiophene rings is 1. The zero-order valence-electron chi connectivity index (χ0n) is 12.3. The van der Waals surface area contributed by atoms with Gasteiger partial charge in [-0.3, -0.25) is 9.10 Å². The van der Waals surface area contributed by atoms with Crippen LogP contribution in [0.25, 0.3) is 0 Å². The van der Waals surface area contributed by atoms with E-state index in [1.54, 1.807) is 30.3 Å². The highest BCUT2D eigenvalue weighted by Crippen LogP contribution is 2.39. The van der Waals surface area contributed by atoms with Gasteiger partial charge < -0.3 is 5.32 Å². The predicted molar refractivity (Wildman–Crippen MR) is 92.8 cm³/mol. The number of anilines is 2. The Morgan fingerprint density at radius 1 is 1.22 bits per heavy atom. The molecule has 1 aromatic heterocycles. The molecule has 3 rings (SSSR count). The third-order valence-electron chi connectivity index (χ3n) is 3.38. The van der Waals surface area contributed by atoms with Gasteiger partial charge in [-0.15, -0.1) is 11.3 Å². The summed E-state index contributed by atoms with van der Waals surface area (Å²) in [5, 5.41) is 2.67. The van der Waals surface area contributed by atoms with E-state index in [4.69, 9.17) is 11.6 Å². The Morgan fingerprint density at radius 2 is 1.87 bits per heavy atom. The molecule has 0 aliphatic heterocycles. The van der Waals surface area contributed by atoms with Crippen molar-refractivity contribution < 1.29 is 13.2 Å². The minimum Gasteiger partial charge on any atom is -0.326 e. The van der Waals surface area contributed by atoms with Gasteiger partial charge in [-0.05, 0) is 49.2 Å². The third-order valence-corrected chi connectivity index (χ3v) is 6.96. The highest BCUT2D eigenvalue weighted by atomic mass is 35.5. The second kappa shape index (κ2) is 6.14. The first-order valence-electron chi connectivity index (χ1n) is 7.05. The molecular weight excluding hydrogens is 356 g/mol. The number of nitrogens with one attached hydrogen (secondary N) is 1. The monoisotopic (exact) mass is 370 g/mol. The molecule has 1 N–H and O–H groups in total. The Balaban J connectivity index is 1.94. The fourth-order valence-corrected chi connectivity index (χ4v) is 5.56. The van der Waals surface area contributed by atoms with Gasteiger partial charge in [-0.2, -0.15) is 0 Å². The van der Waals surface area contributed by atoms with E-state index in [2.05, 4.69) is 5.32 Å². The molecule has 2 aromatic rings. The summed E-state index contributed by atoms with van der Waals surface area (Å²) in [7, 11) is -3.63. The summed E-state index contributed by atoms with van der Waals surface area (Å²) >= 11 is 6.93. The summed E-state index contributed by atoms with van der Waals surface area (Å²) in [6, 6.07) is 9.90. The average Bonchev–Trinajstić information content (AvgIpc) is 3.19. The lowest BCUT2D eigenvalue weighted by molar-refractivity contribution is -0.114. The number of halogens is 1. The molecule has 0 atom stereocenters. The first-order chi connectivity index (χ1) is 10.9. The third kappa shape index (κ3) is 3.52. The molecule has 1 aliphatic rings. The normalized spacial score (nSPS) is 14.5. The molecule has 122 valence electrons. The molecule has 23 heavy (non-hydrogen) atoms. The Bertz CT molecular complexity index is 827. The van der Waals surface area contributed by atoms with Gasteiger partial charge in [0.25, 0.3) is 10.0 Å². The van der Waals surface area contributed by atoms with Gasteiger partial charge in [0.05, 0.1) is 10.0 Å². The van der Waals surface area contributed by atoms with E-state index in [0.29, 0.717) is 15.7 Å². The van der Waals surface area contributed by atoms with Gasteiger partial charge in [0.15, 0.2) is 0 Å². The molecule has 0 unspecified atom stereocenters. The van der Waals surface area contributed by atoms with E-state index in [9.17, 15) is 13.2 Å². The van der Waals surface area contributed by atoms with Crippen LogP contribution in [0.3, 0.4) is 0 Å². The van der Waals surface area contributed by atoms with Crippen LogP contribution in [0, 0.1) is 0 Å². The number of amides is 1. The predicted octanol–water partition coefficient (Wildman–Crippen LogP) is 3.72. The minimum absolute atomic E-state index is 0.0208. The number of nitrogens with zero attached hydrogens (tertiary/aromatic N) is 1. The maximum absolute atomic E-state index is 12.9. The van der Waals surface area contributed by atoms with Crippen LogP contribution in [0.5, 0.6) is 0 Å². The van der Waals surface area contributed by atoms with Crippen molar-refractivity contribution in [3.05, 3.63) is 40.7 Å². The van der Waals surface area contributed by atoms with Crippen molar-refractivity contribution in [2.24, 2.45) is 0 Å². The second-order valence-electron chi connectivity index (χ2n) is 5.32. The molecular formula is C15H15ClN2O3S2. The van der Waals surface area contributed by atoms with Crippen LogP contribution < -0.4 is 9.62 Å². The number of carbonyl (C=O) groups excluding carboxylic acids is 1. The lowest BCUT2D eigenvalue weighted by Gasteiger charge is -2.23. The number of benzene rings is 1. The van der Waals surface area contributed by atoms with Crippen LogP contribution in [0.15, 0.2) is 40.6 Å². The molecule has 5 nitrogen and oxygen atoms in total. The summed E-state index contributed by atoms with van der Waals surface area (Å²) in [6.07, 6.45) is 1.68. The zero-order chi connectivity index (χ0) is 16.6. The average molecular weight is 371 g/mol. The Kier molecular flexibility index (Phi) is 4.35. The van der Waals surface area contributed by atoms with E-state index in [1.807, 2.05) is 0 Å². The number of carbonyl (C=O) groups is 1. The maximum Gasteiger partial charge on any atom is 0.274 e. The van der Waals surface area contributed by atoms with Gasteiger partial charge in [0.2, 0.25) is 5.91 Å². The molecule has 0 saturated heterocycles. The molecule has 1 saturated carbocycles. The van der Waals surface area contributed by atoms with Crippen LogP contribution in [-0.4, -0.2) is 20.4 Å². The molecule has 1 fully saturated rings. The lowest BCUT2D eigenvalue weighted by atomic mass is 10.2. The van der Waals surface area contributed by atoms with Crippen molar-refractivity contribution >= 4 is 50.2 Å². The second-order valence-corrected chi connectivity index (χ2v) is 9.08. The van der Waals surface area contributed by atoms with Crippen molar-refractivity contribution in [1.82, 2.24) is 0 Å². The van der Waals surface area contributed by atoms with Gasteiger partial charge in [0, 0.05) is 18.7 Å². The minimum atomic E-state index is -3.63. The smallest absolute Gasteiger partial charge is 0.274 e. The lowest BCUT2D eigenvalue weighted by Crippen LogP contribution is -2.32. The topological polar surface area (TPSA) is 66.5 Å². The summed E-state index contributed by atoms with van der Waals surface area (Å²) in [5.74, 6) is -0.169. The Morgan fingerprint density at radius 3 is 2.35 bits per heavy atom. The van der Waals surface area contributed by atoms with Crippen LogP contribution in [0.2, 0.25) is 4.34 Å². The first kappa shape index (κ1) is 16.3. The number of sulfonamides is 1. The van der Waals surface area contributed by atoms with Gasteiger partial charge >= 0.3 is 0 Å². The van der Waals surface area contributed by atoms with E-state index < -0.39 is 10.0 Å². The maximum atomic E-state index is 12.9. The van der Waals surface area contributed by atoms with Crippen LogP contribution in [0.4, 0.5) is 11.4 Å². The van der Waals surface area contributed by atoms with Crippen molar-refractivity contribution in [2.45, 2.75) is 30.0 Å². The zero-order valence-corrected chi connectivity index (χ0v) is 14.7. The fraction of sp³-hybridized carbons (Fsp3) is 0.267. The summed E-state index contributed by atoms with van der Waals surface area (Å²) in [4.78, 5) is 11.1. The van der Waals surface area contributed by atoms with Crippen molar-refractivity contribution in [3.63, 3.8) is 0 Å². The van der Waals surface area contributed by atoms with Crippen LogP contribution >= 0.6 is 22.9 Å². The summed E-state index contributed by atoms with van der Waals surface area (Å²) in [5.41, 5.74) is 1.22. The number of hydrogen-bond acceptors (Lipinski definition) is 4. The van der Waals surface area contributed by atoms with Crippen molar-refractivity contribution in [2.75, 3.05) is 9.62 Å². The molecule has 0 radical (unpaired) electrons. The Labute approximate surface area is 143 Å². The van der Waals surface area contributed by atoms with E-state index >= 15 is 0 Å². The highest BCUT2D eigenvalue weighted by molar-refractivity contribution is 7.94. The summed E-state index contributed by atoms with van der Waals surface area (Å²) < 4.78 is 27.9. The van der Waals surface area contributed by atoms with Crippen LogP contribution in [0.1, 0.15) is 19.8 Å². The summed E-state index contributed by atoms with van der Waals surface area (Å²) in [6.45, 7) is 1.43. The van der Waals surface area contributed by atoms with Crippen LogP contribution in [-0.2, 0) is 14.8 Å². The molecule has 0 spiro atoms. The fourth-order valence-electron chi connectivity index (χ4n) is 2.28.